The molecule has 0 unspecified atom stereocenters. The Balaban J connectivity index is 2.08. The third kappa shape index (κ3) is 5.77. The number of nitro benzene ring substituents is 1. The monoisotopic (exact) mass is 381 g/mol. The van der Waals surface area contributed by atoms with Crippen molar-refractivity contribution in [2.45, 2.75) is 20.3 Å². The van der Waals surface area contributed by atoms with E-state index in [1.165, 1.54) is 23.1 Å². The van der Waals surface area contributed by atoms with Crippen molar-refractivity contribution < 1.29 is 14.5 Å². The van der Waals surface area contributed by atoms with Crippen molar-refractivity contribution >= 4 is 29.3 Å². The first-order valence-corrected chi connectivity index (χ1v) is 8.98. The fourth-order valence-corrected chi connectivity index (χ4v) is 2.67. The highest BCUT2D eigenvalue weighted by atomic mass is 16.6. The molecule has 0 aliphatic carbocycles. The summed E-state index contributed by atoms with van der Waals surface area (Å²) < 4.78 is 0. The molecule has 0 bridgehead atoms. The Hall–Kier alpha value is -3.48. The summed E-state index contributed by atoms with van der Waals surface area (Å²) in [6, 6.07) is 13.6. The smallest absolute Gasteiger partial charge is 0.276 e. The van der Waals surface area contributed by atoms with Gasteiger partial charge in [-0.05, 0) is 37.1 Å². The molecule has 2 rings (SSSR count). The van der Waals surface area contributed by atoms with Crippen LogP contribution in [-0.4, -0.2) is 34.7 Å². The summed E-state index contributed by atoms with van der Waals surface area (Å²) in [5.74, 6) is -0.671. The Kier molecular flexibility index (Phi) is 7.45. The van der Waals surface area contributed by atoms with Crippen molar-refractivity contribution in [2.75, 3.05) is 18.4 Å². The van der Waals surface area contributed by atoms with Crippen molar-refractivity contribution in [3.05, 3.63) is 75.8 Å². The van der Waals surface area contributed by atoms with Crippen LogP contribution in [0, 0.1) is 17.0 Å². The number of anilines is 1. The number of amides is 2. The molecule has 0 heterocycles. The van der Waals surface area contributed by atoms with Gasteiger partial charge in [-0.25, -0.2) is 0 Å². The minimum absolute atomic E-state index is 0.0779. The number of carbonyl (C=O) groups is 2. The van der Waals surface area contributed by atoms with Crippen molar-refractivity contribution in [3.8, 4) is 0 Å². The standard InChI is InChI=1S/C21H23N3O4/c1-3-14-23(15-20(25)22-18-10-6-4-8-16(18)2)21(26)13-12-17-9-5-7-11-19(17)24(27)28/h4-13H,3,14-15H2,1-2H3,(H,22,25)/b13-12+. The van der Waals surface area contributed by atoms with Gasteiger partial charge >= 0.3 is 0 Å². The van der Waals surface area contributed by atoms with E-state index in [9.17, 15) is 19.7 Å². The Bertz CT molecular complexity index is 893. The van der Waals surface area contributed by atoms with Crippen LogP contribution in [0.2, 0.25) is 0 Å². The first-order valence-electron chi connectivity index (χ1n) is 8.98. The third-order valence-electron chi connectivity index (χ3n) is 4.10. The lowest BCUT2D eigenvalue weighted by Crippen LogP contribution is -2.37. The predicted octanol–water partition coefficient (Wildman–Crippen LogP) is 3.79. The topological polar surface area (TPSA) is 92.6 Å². The van der Waals surface area contributed by atoms with E-state index in [-0.39, 0.29) is 24.0 Å². The normalized spacial score (nSPS) is 10.6. The second-order valence-corrected chi connectivity index (χ2v) is 6.27. The molecular formula is C21H23N3O4. The molecule has 0 saturated heterocycles. The molecule has 1 N–H and O–H groups in total. The van der Waals surface area contributed by atoms with Crippen LogP contribution in [0.4, 0.5) is 11.4 Å². The lowest BCUT2D eigenvalue weighted by Gasteiger charge is -2.20. The quantitative estimate of drug-likeness (QED) is 0.428. The molecular weight excluding hydrogens is 358 g/mol. The van der Waals surface area contributed by atoms with Crippen molar-refractivity contribution in [2.24, 2.45) is 0 Å². The zero-order valence-corrected chi connectivity index (χ0v) is 15.9. The van der Waals surface area contributed by atoms with E-state index < -0.39 is 4.92 Å². The fourth-order valence-electron chi connectivity index (χ4n) is 2.67. The van der Waals surface area contributed by atoms with Crippen LogP contribution in [0.3, 0.4) is 0 Å². The Morgan fingerprint density at radius 2 is 1.82 bits per heavy atom. The summed E-state index contributed by atoms with van der Waals surface area (Å²) in [6.45, 7) is 4.11. The molecule has 7 nitrogen and oxygen atoms in total. The first kappa shape index (κ1) is 20.8. The van der Waals surface area contributed by atoms with Crippen LogP contribution >= 0.6 is 0 Å². The van der Waals surface area contributed by atoms with Crippen LogP contribution in [-0.2, 0) is 9.59 Å². The molecule has 0 aromatic heterocycles. The van der Waals surface area contributed by atoms with Crippen LogP contribution in [0.5, 0.6) is 0 Å². The highest BCUT2D eigenvalue weighted by Gasteiger charge is 2.16. The maximum absolute atomic E-state index is 12.5. The van der Waals surface area contributed by atoms with Crippen LogP contribution in [0.1, 0.15) is 24.5 Å². The number of hydrogen-bond acceptors (Lipinski definition) is 4. The minimum Gasteiger partial charge on any atom is -0.330 e. The summed E-state index contributed by atoms with van der Waals surface area (Å²) >= 11 is 0. The van der Waals surface area contributed by atoms with Gasteiger partial charge in [0, 0.05) is 24.4 Å². The van der Waals surface area contributed by atoms with Gasteiger partial charge in [0.25, 0.3) is 5.69 Å². The Morgan fingerprint density at radius 1 is 1.14 bits per heavy atom. The van der Waals surface area contributed by atoms with Gasteiger partial charge in [0.1, 0.15) is 6.54 Å². The van der Waals surface area contributed by atoms with Gasteiger partial charge in [-0.15, -0.1) is 0 Å². The van der Waals surface area contributed by atoms with Gasteiger partial charge in [0.05, 0.1) is 10.5 Å². The average molecular weight is 381 g/mol. The van der Waals surface area contributed by atoms with E-state index in [4.69, 9.17) is 0 Å². The largest absolute Gasteiger partial charge is 0.330 e. The summed E-state index contributed by atoms with van der Waals surface area (Å²) in [6.07, 6.45) is 3.35. The average Bonchev–Trinajstić information content (AvgIpc) is 2.67. The number of carbonyl (C=O) groups excluding carboxylic acids is 2. The second kappa shape index (κ2) is 10.0. The molecule has 0 fully saturated rings. The van der Waals surface area contributed by atoms with Crippen LogP contribution in [0.15, 0.2) is 54.6 Å². The van der Waals surface area contributed by atoms with Gasteiger partial charge in [-0.2, -0.15) is 0 Å². The van der Waals surface area contributed by atoms with Crippen LogP contribution < -0.4 is 5.32 Å². The molecule has 0 aliphatic rings. The zero-order valence-electron chi connectivity index (χ0n) is 15.9. The van der Waals surface area contributed by atoms with E-state index in [0.29, 0.717) is 24.2 Å². The lowest BCUT2D eigenvalue weighted by molar-refractivity contribution is -0.385. The summed E-state index contributed by atoms with van der Waals surface area (Å²) in [7, 11) is 0. The summed E-state index contributed by atoms with van der Waals surface area (Å²) in [5.41, 5.74) is 1.89. The Morgan fingerprint density at radius 3 is 2.50 bits per heavy atom. The number of nitro groups is 1. The third-order valence-corrected chi connectivity index (χ3v) is 4.10. The number of aryl methyl sites for hydroxylation is 1. The molecule has 28 heavy (non-hydrogen) atoms. The zero-order chi connectivity index (χ0) is 20.5. The second-order valence-electron chi connectivity index (χ2n) is 6.27. The molecule has 0 radical (unpaired) electrons. The summed E-state index contributed by atoms with van der Waals surface area (Å²) in [5, 5.41) is 13.9. The summed E-state index contributed by atoms with van der Waals surface area (Å²) in [4.78, 5) is 36.9. The van der Waals surface area contributed by atoms with E-state index >= 15 is 0 Å². The maximum Gasteiger partial charge on any atom is 0.276 e. The molecule has 146 valence electrons. The predicted molar refractivity (Wildman–Crippen MR) is 109 cm³/mol. The Labute approximate surface area is 163 Å². The molecule has 2 aromatic rings. The van der Waals surface area contributed by atoms with Gasteiger partial charge < -0.3 is 10.2 Å². The molecule has 0 aliphatic heterocycles. The maximum atomic E-state index is 12.5. The minimum atomic E-state index is -0.496. The number of nitrogens with one attached hydrogen (secondary N) is 1. The molecule has 7 heteroatoms. The van der Waals surface area contributed by atoms with E-state index in [1.807, 2.05) is 32.0 Å². The number of rotatable bonds is 8. The molecule has 0 saturated carbocycles. The first-order chi connectivity index (χ1) is 13.4. The van der Waals surface area contributed by atoms with E-state index in [1.54, 1.807) is 24.3 Å². The molecule has 2 aromatic carbocycles. The number of hydrogen-bond donors (Lipinski definition) is 1. The highest BCUT2D eigenvalue weighted by Crippen LogP contribution is 2.19. The van der Waals surface area contributed by atoms with Crippen molar-refractivity contribution in [3.63, 3.8) is 0 Å². The van der Waals surface area contributed by atoms with E-state index in [0.717, 1.165) is 5.56 Å². The van der Waals surface area contributed by atoms with Crippen molar-refractivity contribution in [1.82, 2.24) is 4.90 Å². The van der Waals surface area contributed by atoms with Gasteiger partial charge in [-0.3, -0.25) is 19.7 Å². The highest BCUT2D eigenvalue weighted by molar-refractivity contribution is 5.98. The van der Waals surface area contributed by atoms with Gasteiger partial charge in [0.2, 0.25) is 11.8 Å². The fraction of sp³-hybridized carbons (Fsp3) is 0.238. The van der Waals surface area contributed by atoms with Gasteiger partial charge in [-0.1, -0.05) is 37.3 Å². The molecule has 0 atom stereocenters. The number of benzene rings is 2. The van der Waals surface area contributed by atoms with Crippen molar-refractivity contribution in [1.29, 1.82) is 0 Å². The number of nitrogens with zero attached hydrogens (tertiary/aromatic N) is 2. The number of para-hydroxylation sites is 2. The van der Waals surface area contributed by atoms with Gasteiger partial charge in [0.15, 0.2) is 0 Å². The molecule has 0 spiro atoms. The van der Waals surface area contributed by atoms with E-state index in [2.05, 4.69) is 5.32 Å². The lowest BCUT2D eigenvalue weighted by atomic mass is 10.1. The SMILES string of the molecule is CCCN(CC(=O)Nc1ccccc1C)C(=O)/C=C/c1ccccc1[N+](=O)[O-]. The van der Waals surface area contributed by atoms with Crippen LogP contribution in [0.25, 0.3) is 6.08 Å². The molecule has 2 amide bonds.